The molecule has 1 aliphatic rings. The van der Waals surface area contributed by atoms with Gasteiger partial charge >= 0.3 is 0 Å². The van der Waals surface area contributed by atoms with Crippen LogP contribution in [0.4, 0.5) is 5.69 Å². The lowest BCUT2D eigenvalue weighted by molar-refractivity contribution is -0.385. The molecule has 1 aromatic carbocycles. The predicted molar refractivity (Wildman–Crippen MR) is 98.2 cm³/mol. The highest BCUT2D eigenvalue weighted by Gasteiger charge is 2.20. The third kappa shape index (κ3) is 4.22. The number of non-ortho nitro benzene ring substituents is 1. The van der Waals surface area contributed by atoms with Crippen LogP contribution in [0.1, 0.15) is 29.7 Å². The Hall–Kier alpha value is -2.59. The van der Waals surface area contributed by atoms with E-state index in [1.54, 1.807) is 13.0 Å². The van der Waals surface area contributed by atoms with E-state index in [-0.39, 0.29) is 29.2 Å². The van der Waals surface area contributed by atoms with Crippen LogP contribution in [0.5, 0.6) is 0 Å². The van der Waals surface area contributed by atoms with Crippen molar-refractivity contribution in [2.45, 2.75) is 44.0 Å². The molecule has 0 unspecified atom stereocenters. The lowest BCUT2D eigenvalue weighted by atomic mass is 9.97. The van der Waals surface area contributed by atoms with E-state index in [9.17, 15) is 23.3 Å². The summed E-state index contributed by atoms with van der Waals surface area (Å²) in [5, 5.41) is 15.2. The van der Waals surface area contributed by atoms with E-state index >= 15 is 0 Å². The van der Waals surface area contributed by atoms with Crippen molar-refractivity contribution < 1.29 is 13.3 Å². The van der Waals surface area contributed by atoms with Crippen LogP contribution in [0.3, 0.4) is 0 Å². The lowest BCUT2D eigenvalue weighted by Gasteiger charge is -2.16. The monoisotopic (exact) mass is 392 g/mol. The zero-order chi connectivity index (χ0) is 19.6. The summed E-state index contributed by atoms with van der Waals surface area (Å²) in [6, 6.07) is 5.24. The second kappa shape index (κ2) is 7.57. The summed E-state index contributed by atoms with van der Waals surface area (Å²) in [7, 11) is -3.94. The first kappa shape index (κ1) is 19.2. The topological polar surface area (TPSA) is 124 Å². The standard InChI is InChI=1S/C17H20N4O5S/c1-12-6-7-14(21(23)24)11-16(12)27(25,26)18-8-9-20-17(22)10-13-4-2-3-5-15(13)19-20/h6-7,10-11,18H,2-5,8-9H2,1H3. The first-order valence-electron chi connectivity index (χ1n) is 8.62. The molecule has 10 heteroatoms. The van der Waals surface area contributed by atoms with Gasteiger partial charge in [0.15, 0.2) is 0 Å². The Balaban J connectivity index is 1.74. The summed E-state index contributed by atoms with van der Waals surface area (Å²) in [6.07, 6.45) is 3.72. The van der Waals surface area contributed by atoms with E-state index < -0.39 is 14.9 Å². The fraction of sp³-hybridized carbons (Fsp3) is 0.412. The number of aryl methyl sites for hydroxylation is 3. The molecular formula is C17H20N4O5S. The Bertz CT molecular complexity index is 1050. The molecule has 3 rings (SSSR count). The van der Waals surface area contributed by atoms with Crippen molar-refractivity contribution in [3.05, 3.63) is 61.6 Å². The van der Waals surface area contributed by atoms with Crippen LogP contribution in [0.25, 0.3) is 0 Å². The molecule has 0 amide bonds. The second-order valence-corrected chi connectivity index (χ2v) is 8.22. The molecule has 0 saturated heterocycles. The summed E-state index contributed by atoms with van der Waals surface area (Å²) >= 11 is 0. The van der Waals surface area contributed by atoms with Crippen LogP contribution >= 0.6 is 0 Å². The van der Waals surface area contributed by atoms with Crippen molar-refractivity contribution in [3.8, 4) is 0 Å². The average molecular weight is 392 g/mol. The molecule has 144 valence electrons. The molecule has 0 aliphatic heterocycles. The van der Waals surface area contributed by atoms with Crippen LogP contribution in [0, 0.1) is 17.0 Å². The zero-order valence-electron chi connectivity index (χ0n) is 14.8. The highest BCUT2D eigenvalue weighted by atomic mass is 32.2. The van der Waals surface area contributed by atoms with E-state index in [1.807, 2.05) is 0 Å². The van der Waals surface area contributed by atoms with E-state index in [0.717, 1.165) is 43.0 Å². The van der Waals surface area contributed by atoms with Crippen molar-refractivity contribution in [2.75, 3.05) is 6.54 Å². The maximum absolute atomic E-state index is 12.5. The summed E-state index contributed by atoms with van der Waals surface area (Å²) in [5.41, 5.74) is 1.70. The molecule has 1 aromatic heterocycles. The molecule has 2 aromatic rings. The van der Waals surface area contributed by atoms with Gasteiger partial charge in [0.25, 0.3) is 11.2 Å². The molecule has 1 aliphatic carbocycles. The summed E-state index contributed by atoms with van der Waals surface area (Å²) in [4.78, 5) is 22.2. The molecule has 0 spiro atoms. The first-order chi connectivity index (χ1) is 12.8. The van der Waals surface area contributed by atoms with Gasteiger partial charge in [0.05, 0.1) is 22.1 Å². The molecule has 1 N–H and O–H groups in total. The minimum absolute atomic E-state index is 0.0455. The fourth-order valence-corrected chi connectivity index (χ4v) is 4.40. The fourth-order valence-electron chi connectivity index (χ4n) is 3.12. The van der Waals surface area contributed by atoms with Crippen LogP contribution < -0.4 is 10.3 Å². The van der Waals surface area contributed by atoms with E-state index in [0.29, 0.717) is 5.56 Å². The lowest BCUT2D eigenvalue weighted by Crippen LogP contribution is -2.33. The Morgan fingerprint density at radius 3 is 2.74 bits per heavy atom. The molecule has 9 nitrogen and oxygen atoms in total. The molecule has 27 heavy (non-hydrogen) atoms. The van der Waals surface area contributed by atoms with Crippen molar-refractivity contribution >= 4 is 15.7 Å². The van der Waals surface area contributed by atoms with Gasteiger partial charge < -0.3 is 0 Å². The van der Waals surface area contributed by atoms with Gasteiger partial charge in [-0.05, 0) is 43.7 Å². The number of nitro groups is 1. The van der Waals surface area contributed by atoms with Crippen LogP contribution in [0.15, 0.2) is 34.0 Å². The van der Waals surface area contributed by atoms with E-state index in [4.69, 9.17) is 0 Å². The van der Waals surface area contributed by atoms with Gasteiger partial charge in [0.1, 0.15) is 0 Å². The normalized spacial score (nSPS) is 14.0. The average Bonchev–Trinajstić information content (AvgIpc) is 2.62. The summed E-state index contributed by atoms with van der Waals surface area (Å²) in [5.74, 6) is 0. The number of hydrogen-bond donors (Lipinski definition) is 1. The van der Waals surface area contributed by atoms with Gasteiger partial charge in [-0.3, -0.25) is 14.9 Å². The molecule has 1 heterocycles. The number of aromatic nitrogens is 2. The predicted octanol–water partition coefficient (Wildman–Crippen LogP) is 1.32. The summed E-state index contributed by atoms with van der Waals surface area (Å²) < 4.78 is 28.6. The van der Waals surface area contributed by atoms with E-state index in [2.05, 4.69) is 9.82 Å². The van der Waals surface area contributed by atoms with Crippen molar-refractivity contribution in [2.24, 2.45) is 0 Å². The maximum Gasteiger partial charge on any atom is 0.270 e. The summed E-state index contributed by atoms with van der Waals surface area (Å²) in [6.45, 7) is 1.60. The van der Waals surface area contributed by atoms with Crippen LogP contribution in [-0.2, 0) is 29.4 Å². The smallest absolute Gasteiger partial charge is 0.268 e. The Morgan fingerprint density at radius 1 is 1.26 bits per heavy atom. The molecule has 0 atom stereocenters. The number of fused-ring (bicyclic) bond motifs is 1. The van der Waals surface area contributed by atoms with Crippen molar-refractivity contribution in [1.29, 1.82) is 0 Å². The third-order valence-corrected chi connectivity index (χ3v) is 6.16. The molecule has 0 radical (unpaired) electrons. The number of nitro benzene ring substituents is 1. The molecular weight excluding hydrogens is 372 g/mol. The Kier molecular flexibility index (Phi) is 5.38. The number of benzene rings is 1. The number of nitrogens with one attached hydrogen (secondary N) is 1. The number of rotatable bonds is 6. The molecule has 0 saturated carbocycles. The Labute approximate surface area is 156 Å². The van der Waals surface area contributed by atoms with Gasteiger partial charge in [-0.2, -0.15) is 5.10 Å². The zero-order valence-corrected chi connectivity index (χ0v) is 15.7. The second-order valence-electron chi connectivity index (χ2n) is 6.49. The van der Waals surface area contributed by atoms with E-state index in [1.165, 1.54) is 16.8 Å². The number of nitrogens with zero attached hydrogens (tertiary/aromatic N) is 3. The van der Waals surface area contributed by atoms with Gasteiger partial charge in [-0.25, -0.2) is 17.8 Å². The van der Waals surface area contributed by atoms with Gasteiger partial charge in [-0.15, -0.1) is 0 Å². The minimum Gasteiger partial charge on any atom is -0.268 e. The number of sulfonamides is 1. The Morgan fingerprint density at radius 2 is 2.00 bits per heavy atom. The van der Waals surface area contributed by atoms with Crippen LogP contribution in [0.2, 0.25) is 0 Å². The van der Waals surface area contributed by atoms with Gasteiger partial charge in [0.2, 0.25) is 10.0 Å². The highest BCUT2D eigenvalue weighted by molar-refractivity contribution is 7.89. The van der Waals surface area contributed by atoms with Crippen LogP contribution in [-0.4, -0.2) is 29.7 Å². The third-order valence-electron chi connectivity index (χ3n) is 4.56. The highest BCUT2D eigenvalue weighted by Crippen LogP contribution is 2.21. The largest absolute Gasteiger partial charge is 0.270 e. The minimum atomic E-state index is -3.94. The van der Waals surface area contributed by atoms with Gasteiger partial charge in [-0.1, -0.05) is 6.07 Å². The van der Waals surface area contributed by atoms with Gasteiger partial charge in [0, 0.05) is 24.7 Å². The maximum atomic E-state index is 12.5. The van der Waals surface area contributed by atoms with Crippen molar-refractivity contribution in [1.82, 2.24) is 14.5 Å². The van der Waals surface area contributed by atoms with Crippen molar-refractivity contribution in [3.63, 3.8) is 0 Å². The first-order valence-corrected chi connectivity index (χ1v) is 10.1. The SMILES string of the molecule is Cc1ccc([N+](=O)[O-])cc1S(=O)(=O)NCCn1nc2c(cc1=O)CCCC2. The number of hydrogen-bond acceptors (Lipinski definition) is 6. The quantitative estimate of drug-likeness (QED) is 0.584. The molecule has 0 fully saturated rings. The molecule has 0 bridgehead atoms.